The maximum Gasteiger partial charge on any atom is 0.331 e. The van der Waals surface area contributed by atoms with Crippen LogP contribution < -0.4 is 11.2 Å². The summed E-state index contributed by atoms with van der Waals surface area (Å²) in [4.78, 5) is 25.0. The van der Waals surface area contributed by atoms with Crippen molar-refractivity contribution in [2.75, 3.05) is 0 Å². The molecular formula is C17H22N2O2. The van der Waals surface area contributed by atoms with E-state index in [-0.39, 0.29) is 11.2 Å². The maximum absolute atomic E-state index is 12.6. The molecule has 1 aromatic carbocycles. The van der Waals surface area contributed by atoms with E-state index in [0.29, 0.717) is 23.4 Å². The maximum atomic E-state index is 12.6. The molecule has 0 N–H and O–H groups in total. The van der Waals surface area contributed by atoms with E-state index < -0.39 is 0 Å². The van der Waals surface area contributed by atoms with Gasteiger partial charge < -0.3 is 0 Å². The minimum Gasteiger partial charge on any atom is -0.296 e. The second-order valence-corrected chi connectivity index (χ2v) is 6.26. The van der Waals surface area contributed by atoms with Gasteiger partial charge in [0.15, 0.2) is 0 Å². The first-order valence-corrected chi connectivity index (χ1v) is 7.78. The van der Waals surface area contributed by atoms with Gasteiger partial charge in [-0.05, 0) is 31.4 Å². The van der Waals surface area contributed by atoms with E-state index >= 15 is 0 Å². The van der Waals surface area contributed by atoms with Crippen LogP contribution in [0, 0.1) is 12.8 Å². The predicted octanol–water partition coefficient (Wildman–Crippen LogP) is 2.59. The van der Waals surface area contributed by atoms with Gasteiger partial charge in [0.25, 0.3) is 5.56 Å². The molecule has 0 saturated heterocycles. The monoisotopic (exact) mass is 286 g/mol. The summed E-state index contributed by atoms with van der Waals surface area (Å²) in [6, 6.07) is 5.67. The van der Waals surface area contributed by atoms with Crippen molar-refractivity contribution in [3.05, 3.63) is 44.6 Å². The minimum absolute atomic E-state index is 0.144. The zero-order chi connectivity index (χ0) is 15.0. The second-order valence-electron chi connectivity index (χ2n) is 6.26. The largest absolute Gasteiger partial charge is 0.331 e. The molecule has 1 aromatic heterocycles. The third-order valence-corrected chi connectivity index (χ3v) is 4.74. The molecule has 4 heteroatoms. The van der Waals surface area contributed by atoms with Gasteiger partial charge in [0.2, 0.25) is 0 Å². The van der Waals surface area contributed by atoms with Crippen LogP contribution in [0.4, 0.5) is 0 Å². The summed E-state index contributed by atoms with van der Waals surface area (Å²) in [6.07, 6.45) is 5.99. The van der Waals surface area contributed by atoms with Crippen molar-refractivity contribution in [3.63, 3.8) is 0 Å². The van der Waals surface area contributed by atoms with E-state index in [1.54, 1.807) is 11.6 Å². The fourth-order valence-electron chi connectivity index (χ4n) is 3.44. The molecule has 1 fully saturated rings. The fourth-order valence-corrected chi connectivity index (χ4v) is 3.44. The quantitative estimate of drug-likeness (QED) is 0.870. The van der Waals surface area contributed by atoms with E-state index in [2.05, 4.69) is 0 Å². The molecule has 0 atom stereocenters. The average molecular weight is 286 g/mol. The van der Waals surface area contributed by atoms with Gasteiger partial charge in [0, 0.05) is 13.6 Å². The molecule has 0 aliphatic heterocycles. The van der Waals surface area contributed by atoms with Crippen molar-refractivity contribution in [3.8, 4) is 0 Å². The zero-order valence-corrected chi connectivity index (χ0v) is 12.8. The van der Waals surface area contributed by atoms with Crippen molar-refractivity contribution >= 4 is 10.9 Å². The number of benzene rings is 1. The molecule has 112 valence electrons. The Kier molecular flexibility index (Phi) is 3.70. The van der Waals surface area contributed by atoms with Crippen molar-refractivity contribution in [2.24, 2.45) is 13.0 Å². The van der Waals surface area contributed by atoms with Gasteiger partial charge in [0.05, 0.1) is 10.9 Å². The highest BCUT2D eigenvalue weighted by atomic mass is 16.2. The lowest BCUT2D eigenvalue weighted by molar-refractivity contribution is 0.442. The van der Waals surface area contributed by atoms with Crippen LogP contribution in [0.15, 0.2) is 27.8 Å². The van der Waals surface area contributed by atoms with E-state index in [1.165, 1.54) is 30.3 Å². The molecule has 0 unspecified atom stereocenters. The number of aromatic nitrogens is 2. The predicted molar refractivity (Wildman–Crippen MR) is 84.8 cm³/mol. The molecule has 3 rings (SSSR count). The highest BCUT2D eigenvalue weighted by Crippen LogP contribution is 2.27. The Morgan fingerprint density at radius 3 is 2.62 bits per heavy atom. The number of nitrogens with zero attached hydrogens (tertiary/aromatic N) is 2. The lowest BCUT2D eigenvalue weighted by atomic mass is 10.0. The Balaban J connectivity index is 2.05. The van der Waals surface area contributed by atoms with Crippen LogP contribution in [0.2, 0.25) is 0 Å². The first-order chi connectivity index (χ1) is 10.1. The Hall–Kier alpha value is -1.84. The van der Waals surface area contributed by atoms with Crippen LogP contribution in [0.25, 0.3) is 10.9 Å². The summed E-state index contributed by atoms with van der Waals surface area (Å²) in [7, 11) is 1.74. The normalized spacial score (nSPS) is 15.9. The number of aryl methyl sites for hydroxylation is 2. The molecular weight excluding hydrogens is 264 g/mol. The molecule has 1 heterocycles. The van der Waals surface area contributed by atoms with Crippen LogP contribution in [-0.4, -0.2) is 9.13 Å². The smallest absolute Gasteiger partial charge is 0.296 e. The van der Waals surface area contributed by atoms with Gasteiger partial charge in [0.1, 0.15) is 0 Å². The van der Waals surface area contributed by atoms with Crippen LogP contribution in [0.5, 0.6) is 0 Å². The summed E-state index contributed by atoms with van der Waals surface area (Å²) in [5, 5.41) is 0.642. The molecule has 0 amide bonds. The van der Waals surface area contributed by atoms with Crippen LogP contribution in [0.3, 0.4) is 0 Å². The van der Waals surface area contributed by atoms with E-state index in [9.17, 15) is 9.59 Å². The number of hydrogen-bond donors (Lipinski definition) is 0. The highest BCUT2D eigenvalue weighted by molar-refractivity contribution is 5.78. The lowest BCUT2D eigenvalue weighted by Crippen LogP contribution is -2.39. The van der Waals surface area contributed by atoms with E-state index in [0.717, 1.165) is 12.0 Å². The molecule has 0 radical (unpaired) electrons. The summed E-state index contributed by atoms with van der Waals surface area (Å²) >= 11 is 0. The molecule has 4 nitrogen and oxygen atoms in total. The third-order valence-electron chi connectivity index (χ3n) is 4.74. The second kappa shape index (κ2) is 5.51. The van der Waals surface area contributed by atoms with Gasteiger partial charge in [-0.2, -0.15) is 0 Å². The Morgan fingerprint density at radius 1 is 1.19 bits per heavy atom. The minimum atomic E-state index is -0.200. The molecule has 1 aliphatic carbocycles. The first-order valence-electron chi connectivity index (χ1n) is 7.78. The molecule has 21 heavy (non-hydrogen) atoms. The van der Waals surface area contributed by atoms with E-state index in [4.69, 9.17) is 0 Å². The Morgan fingerprint density at radius 2 is 1.90 bits per heavy atom. The molecule has 0 bridgehead atoms. The van der Waals surface area contributed by atoms with Crippen molar-refractivity contribution in [2.45, 2.75) is 45.6 Å². The summed E-state index contributed by atoms with van der Waals surface area (Å²) < 4.78 is 3.00. The van der Waals surface area contributed by atoms with Crippen LogP contribution in [-0.2, 0) is 13.6 Å². The van der Waals surface area contributed by atoms with Crippen molar-refractivity contribution < 1.29 is 0 Å². The molecule has 1 aliphatic rings. The highest BCUT2D eigenvalue weighted by Gasteiger charge is 2.17. The van der Waals surface area contributed by atoms with Gasteiger partial charge in [-0.25, -0.2) is 4.79 Å². The van der Waals surface area contributed by atoms with Gasteiger partial charge in [-0.1, -0.05) is 37.3 Å². The van der Waals surface area contributed by atoms with Crippen molar-refractivity contribution in [1.82, 2.24) is 9.13 Å². The Bertz CT molecular complexity index is 780. The fraction of sp³-hybridized carbons (Fsp3) is 0.529. The standard InChI is InChI=1S/C17H22N2O2/c1-12-7-8-15-14(11-12)16(20)19(17(21)18(15)2)10-9-13-5-3-4-6-13/h7-8,11,13H,3-6,9-10H2,1-2H3. The van der Waals surface area contributed by atoms with Crippen LogP contribution >= 0.6 is 0 Å². The number of hydrogen-bond acceptors (Lipinski definition) is 2. The molecule has 2 aromatic rings. The number of fused-ring (bicyclic) bond motifs is 1. The van der Waals surface area contributed by atoms with Gasteiger partial charge in [-0.3, -0.25) is 13.9 Å². The van der Waals surface area contributed by atoms with Gasteiger partial charge in [-0.15, -0.1) is 0 Å². The summed E-state index contributed by atoms with van der Waals surface area (Å²) in [6.45, 7) is 2.51. The topological polar surface area (TPSA) is 44.0 Å². The molecule has 0 spiro atoms. The number of rotatable bonds is 3. The average Bonchev–Trinajstić information content (AvgIpc) is 2.98. The first kappa shape index (κ1) is 14.1. The van der Waals surface area contributed by atoms with Crippen molar-refractivity contribution in [1.29, 1.82) is 0 Å². The molecule has 1 saturated carbocycles. The zero-order valence-electron chi connectivity index (χ0n) is 12.8. The van der Waals surface area contributed by atoms with E-state index in [1.807, 2.05) is 25.1 Å². The van der Waals surface area contributed by atoms with Gasteiger partial charge >= 0.3 is 5.69 Å². The summed E-state index contributed by atoms with van der Waals surface area (Å²) in [5.41, 5.74) is 1.41. The summed E-state index contributed by atoms with van der Waals surface area (Å²) in [5.74, 6) is 0.676. The Labute approximate surface area is 124 Å². The lowest BCUT2D eigenvalue weighted by Gasteiger charge is -2.13. The van der Waals surface area contributed by atoms with Crippen LogP contribution in [0.1, 0.15) is 37.7 Å². The third kappa shape index (κ3) is 2.55. The SMILES string of the molecule is Cc1ccc2c(c1)c(=O)n(CCC1CCCC1)c(=O)n2C.